The lowest BCUT2D eigenvalue weighted by atomic mass is 10.0. The number of nitrogens with zero attached hydrogens (tertiary/aromatic N) is 1. The quantitative estimate of drug-likeness (QED) is 0.394. The fourth-order valence-corrected chi connectivity index (χ4v) is 1.21. The molecule has 0 aliphatic heterocycles. The molecule has 58 valence electrons. The zero-order valence-corrected chi connectivity index (χ0v) is 7.94. The van der Waals surface area contributed by atoms with E-state index >= 15 is 0 Å². The van der Waals surface area contributed by atoms with E-state index in [0.29, 0.717) is 0 Å². The highest BCUT2D eigenvalue weighted by Crippen LogP contribution is 2.19. The van der Waals surface area contributed by atoms with Crippen molar-refractivity contribution in [3.05, 3.63) is 0 Å². The summed E-state index contributed by atoms with van der Waals surface area (Å²) in [6, 6.07) is 0. The largest absolute Gasteiger partial charge is 0.235 e. The molecule has 0 fully saturated rings. The zero-order chi connectivity index (χ0) is 8.04. The first-order valence-corrected chi connectivity index (χ1v) is 4.45. The Morgan fingerprint density at radius 1 is 1.70 bits per heavy atom. The fourth-order valence-electron chi connectivity index (χ4n) is 0.801. The molecule has 1 unspecified atom stereocenters. The zero-order valence-electron chi connectivity index (χ0n) is 6.35. The number of isocyanates is 1. The van der Waals surface area contributed by atoms with Crippen molar-refractivity contribution < 1.29 is 4.79 Å². The highest BCUT2D eigenvalue weighted by atomic mass is 79.9. The Balaban J connectivity index is 4.07. The van der Waals surface area contributed by atoms with Crippen molar-refractivity contribution in [1.82, 2.24) is 0 Å². The molecule has 0 spiro atoms. The maximum absolute atomic E-state index is 9.94. The van der Waals surface area contributed by atoms with E-state index in [2.05, 4.69) is 27.8 Å². The van der Waals surface area contributed by atoms with Crippen LogP contribution in [0.25, 0.3) is 0 Å². The van der Waals surface area contributed by atoms with E-state index in [1.54, 1.807) is 6.08 Å². The second-order valence-corrected chi connectivity index (χ2v) is 3.14. The van der Waals surface area contributed by atoms with E-state index in [0.717, 1.165) is 18.2 Å². The van der Waals surface area contributed by atoms with Gasteiger partial charge < -0.3 is 0 Å². The van der Waals surface area contributed by atoms with Gasteiger partial charge in [-0.3, -0.25) is 0 Å². The average Bonchev–Trinajstić information content (AvgIpc) is 1.89. The van der Waals surface area contributed by atoms with Crippen molar-refractivity contribution in [3.63, 3.8) is 0 Å². The lowest BCUT2D eigenvalue weighted by Gasteiger charge is -2.18. The maximum atomic E-state index is 9.94. The lowest BCUT2D eigenvalue weighted by Crippen LogP contribution is -2.23. The summed E-state index contributed by atoms with van der Waals surface area (Å²) in [5, 5.41) is 0.725. The fraction of sp³-hybridized carbons (Fsp3) is 0.857. The van der Waals surface area contributed by atoms with Crippen LogP contribution in [0.1, 0.15) is 26.7 Å². The molecule has 2 nitrogen and oxygen atoms in total. The smallest absolute Gasteiger partial charge is 0.211 e. The van der Waals surface area contributed by atoms with E-state index in [1.165, 1.54) is 0 Å². The van der Waals surface area contributed by atoms with Gasteiger partial charge in [0.2, 0.25) is 6.08 Å². The molecule has 3 heteroatoms. The van der Waals surface area contributed by atoms with Gasteiger partial charge in [0, 0.05) is 5.33 Å². The summed E-state index contributed by atoms with van der Waals surface area (Å²) in [6.07, 6.45) is 3.55. The third kappa shape index (κ3) is 3.14. The van der Waals surface area contributed by atoms with Gasteiger partial charge in [-0.1, -0.05) is 29.3 Å². The third-order valence-corrected chi connectivity index (χ3v) is 2.60. The Hall–Kier alpha value is -0.140. The minimum atomic E-state index is -0.240. The summed E-state index contributed by atoms with van der Waals surface area (Å²) >= 11 is 3.30. The molecule has 0 saturated heterocycles. The molecular weight excluding hydrogens is 194 g/mol. The van der Waals surface area contributed by atoms with Gasteiger partial charge in [0.05, 0.1) is 5.54 Å². The molecule has 1 atom stereocenters. The maximum Gasteiger partial charge on any atom is 0.235 e. The number of hydrogen-bond donors (Lipinski definition) is 0. The molecule has 0 rings (SSSR count). The van der Waals surface area contributed by atoms with Crippen molar-refractivity contribution in [3.8, 4) is 0 Å². The molecule has 0 aromatic rings. The van der Waals surface area contributed by atoms with Crippen LogP contribution in [0.5, 0.6) is 0 Å². The topological polar surface area (TPSA) is 29.4 Å². The van der Waals surface area contributed by atoms with Gasteiger partial charge >= 0.3 is 0 Å². The molecule has 0 N–H and O–H groups in total. The number of rotatable bonds is 4. The van der Waals surface area contributed by atoms with Gasteiger partial charge in [-0.25, -0.2) is 4.79 Å². The van der Waals surface area contributed by atoms with Crippen LogP contribution in [0.2, 0.25) is 0 Å². The summed E-state index contributed by atoms with van der Waals surface area (Å²) < 4.78 is 0. The van der Waals surface area contributed by atoms with Crippen LogP contribution < -0.4 is 0 Å². The molecule has 0 bridgehead atoms. The van der Waals surface area contributed by atoms with E-state index in [1.807, 2.05) is 6.92 Å². The number of carbonyl (C=O) groups excluding carboxylic acids is 1. The van der Waals surface area contributed by atoms with Crippen molar-refractivity contribution in [2.75, 3.05) is 5.33 Å². The molecule has 0 aromatic heterocycles. The predicted octanol–water partition coefficient (Wildman–Crippen LogP) is 2.28. The molecule has 0 aliphatic rings. The Morgan fingerprint density at radius 3 is 2.60 bits per heavy atom. The molecule has 0 saturated carbocycles. The first-order chi connectivity index (χ1) is 4.68. The number of hydrogen-bond acceptors (Lipinski definition) is 2. The molecular formula is C7H12BrNO. The average molecular weight is 206 g/mol. The standard InChI is InChI=1S/C7H12BrNO/c1-3-4-7(2,5-8)9-6-10/h3-5H2,1-2H3. The summed E-state index contributed by atoms with van der Waals surface area (Å²) in [7, 11) is 0. The number of aliphatic imine (C=N–C) groups is 1. The number of alkyl halides is 1. The molecule has 0 heterocycles. The third-order valence-electron chi connectivity index (χ3n) is 1.39. The van der Waals surface area contributed by atoms with Crippen LogP contribution in [0, 0.1) is 0 Å². The van der Waals surface area contributed by atoms with Gasteiger partial charge in [-0.05, 0) is 13.3 Å². The summed E-state index contributed by atoms with van der Waals surface area (Å²) in [4.78, 5) is 13.7. The number of halogens is 1. The minimum absolute atomic E-state index is 0.240. The van der Waals surface area contributed by atoms with Crippen LogP contribution in [-0.2, 0) is 4.79 Å². The van der Waals surface area contributed by atoms with Crippen molar-refractivity contribution >= 4 is 22.0 Å². The lowest BCUT2D eigenvalue weighted by molar-refractivity contribution is 0.474. The van der Waals surface area contributed by atoms with Crippen LogP contribution in [0.15, 0.2) is 4.99 Å². The van der Waals surface area contributed by atoms with Crippen LogP contribution in [0.3, 0.4) is 0 Å². The van der Waals surface area contributed by atoms with Gasteiger partial charge in [0.15, 0.2) is 0 Å². The monoisotopic (exact) mass is 205 g/mol. The summed E-state index contributed by atoms with van der Waals surface area (Å²) in [6.45, 7) is 4.01. The first kappa shape index (κ1) is 9.86. The highest BCUT2D eigenvalue weighted by Gasteiger charge is 2.19. The van der Waals surface area contributed by atoms with E-state index < -0.39 is 0 Å². The van der Waals surface area contributed by atoms with Gasteiger partial charge in [-0.2, -0.15) is 4.99 Å². The first-order valence-electron chi connectivity index (χ1n) is 3.33. The van der Waals surface area contributed by atoms with Gasteiger partial charge in [0.1, 0.15) is 0 Å². The Kier molecular flexibility index (Phi) is 4.58. The van der Waals surface area contributed by atoms with E-state index in [9.17, 15) is 4.79 Å². The van der Waals surface area contributed by atoms with E-state index in [-0.39, 0.29) is 5.54 Å². The minimum Gasteiger partial charge on any atom is -0.211 e. The van der Waals surface area contributed by atoms with E-state index in [4.69, 9.17) is 0 Å². The second kappa shape index (κ2) is 4.64. The normalized spacial score (nSPS) is 15.5. The summed E-state index contributed by atoms with van der Waals surface area (Å²) in [5.41, 5.74) is -0.240. The Bertz CT molecular complexity index is 143. The Morgan fingerprint density at radius 2 is 2.30 bits per heavy atom. The Labute approximate surface area is 69.9 Å². The van der Waals surface area contributed by atoms with Crippen LogP contribution >= 0.6 is 15.9 Å². The molecule has 10 heavy (non-hydrogen) atoms. The van der Waals surface area contributed by atoms with Crippen molar-refractivity contribution in [2.45, 2.75) is 32.2 Å². The van der Waals surface area contributed by atoms with Crippen molar-refractivity contribution in [1.29, 1.82) is 0 Å². The molecule has 0 aliphatic carbocycles. The second-order valence-electron chi connectivity index (χ2n) is 2.58. The van der Waals surface area contributed by atoms with Gasteiger partial charge in [-0.15, -0.1) is 0 Å². The molecule has 0 aromatic carbocycles. The molecule has 0 radical (unpaired) electrons. The highest BCUT2D eigenvalue weighted by molar-refractivity contribution is 9.09. The van der Waals surface area contributed by atoms with Crippen molar-refractivity contribution in [2.24, 2.45) is 4.99 Å². The van der Waals surface area contributed by atoms with Crippen LogP contribution in [-0.4, -0.2) is 16.9 Å². The van der Waals surface area contributed by atoms with Gasteiger partial charge in [0.25, 0.3) is 0 Å². The SMILES string of the molecule is CCCC(C)(CBr)N=C=O. The predicted molar refractivity (Wildman–Crippen MR) is 45.2 cm³/mol. The van der Waals surface area contributed by atoms with Crippen LogP contribution in [0.4, 0.5) is 0 Å². The molecule has 0 amide bonds. The summed E-state index contributed by atoms with van der Waals surface area (Å²) in [5.74, 6) is 0.